The van der Waals surface area contributed by atoms with Crippen LogP contribution in [0, 0.1) is 16.5 Å². The molecule has 0 bridgehead atoms. The van der Waals surface area contributed by atoms with Gasteiger partial charge in [0.05, 0.1) is 26.4 Å². The van der Waals surface area contributed by atoms with Gasteiger partial charge in [0.2, 0.25) is 0 Å². The van der Waals surface area contributed by atoms with Crippen molar-refractivity contribution in [1.82, 2.24) is 0 Å². The van der Waals surface area contributed by atoms with Crippen molar-refractivity contribution in [1.29, 1.82) is 5.26 Å². The van der Waals surface area contributed by atoms with Crippen molar-refractivity contribution >= 4 is 38.9 Å². The van der Waals surface area contributed by atoms with E-state index < -0.39 is 10.8 Å². The van der Waals surface area contributed by atoms with Crippen LogP contribution in [-0.4, -0.2) is 18.3 Å². The van der Waals surface area contributed by atoms with Crippen molar-refractivity contribution in [3.05, 3.63) is 84.1 Å². The molecule has 4 rings (SSSR count). The second-order valence-electron chi connectivity index (χ2n) is 7.14. The highest BCUT2D eigenvalue weighted by Gasteiger charge is 2.33. The molecule has 1 aliphatic rings. The average molecular weight is 506 g/mol. The molecule has 5 nitrogen and oxygen atoms in total. The highest BCUT2D eigenvalue weighted by atomic mass is 79.9. The van der Waals surface area contributed by atoms with Gasteiger partial charge < -0.3 is 19.3 Å². The van der Waals surface area contributed by atoms with Gasteiger partial charge in [0.25, 0.3) is 0 Å². The van der Waals surface area contributed by atoms with Crippen LogP contribution in [0.25, 0.3) is 0 Å². The number of nitrogens with zero attached hydrogens (tertiary/aromatic N) is 2. The number of benzene rings is 2. The minimum atomic E-state index is -0.536. The number of hydrogen-bond donors (Lipinski definition) is 0. The lowest BCUT2D eigenvalue weighted by Crippen LogP contribution is -2.43. The predicted molar refractivity (Wildman–Crippen MR) is 120 cm³/mol. The zero-order valence-electron chi connectivity index (χ0n) is 16.1. The first kappa shape index (κ1) is 21.2. The van der Waals surface area contributed by atoms with Crippen LogP contribution >= 0.6 is 38.9 Å². The monoisotopic (exact) mass is 504 g/mol. The van der Waals surface area contributed by atoms with Crippen LogP contribution < -0.4 is 9.47 Å². The lowest BCUT2D eigenvalue weighted by atomic mass is 10.1. The molecule has 154 valence electrons. The number of quaternary nitrogens is 1. The number of fused-ring (bicyclic) bond motifs is 1. The molecule has 0 spiro atoms. The Labute approximate surface area is 192 Å². The maximum absolute atomic E-state index is 14.0. The molecule has 0 aliphatic carbocycles. The summed E-state index contributed by atoms with van der Waals surface area (Å²) in [6.45, 7) is 0.638. The van der Waals surface area contributed by atoms with E-state index in [1.54, 1.807) is 7.11 Å². The van der Waals surface area contributed by atoms with Gasteiger partial charge in [-0.2, -0.15) is 5.26 Å². The molecular formula is C22H18BrClN2O3S. The number of para-hydroxylation sites is 1. The summed E-state index contributed by atoms with van der Waals surface area (Å²) in [7, 11) is 1.62. The van der Waals surface area contributed by atoms with Gasteiger partial charge >= 0.3 is 0 Å². The molecule has 8 heteroatoms. The summed E-state index contributed by atoms with van der Waals surface area (Å²) < 4.78 is 11.6. The summed E-state index contributed by atoms with van der Waals surface area (Å²) in [4.78, 5) is 0.697. The molecule has 2 unspecified atom stereocenters. The van der Waals surface area contributed by atoms with Gasteiger partial charge in [-0.25, -0.2) is 0 Å². The van der Waals surface area contributed by atoms with Gasteiger partial charge in [0, 0.05) is 5.56 Å². The number of halogens is 2. The highest BCUT2D eigenvalue weighted by molar-refractivity contribution is 9.11. The van der Waals surface area contributed by atoms with E-state index in [1.165, 1.54) is 11.3 Å². The third-order valence-corrected chi connectivity index (χ3v) is 7.48. The Morgan fingerprint density at radius 3 is 2.70 bits per heavy atom. The topological polar surface area (TPSA) is 65.3 Å². The molecule has 0 N–H and O–H groups in total. The van der Waals surface area contributed by atoms with Gasteiger partial charge in [0.15, 0.2) is 6.10 Å². The second-order valence-corrected chi connectivity index (χ2v) is 9.95. The van der Waals surface area contributed by atoms with E-state index in [2.05, 4.69) is 22.0 Å². The van der Waals surface area contributed by atoms with Crippen LogP contribution in [0.4, 0.5) is 0 Å². The molecule has 1 aromatic heterocycles. The third-order valence-electron chi connectivity index (χ3n) is 5.10. The van der Waals surface area contributed by atoms with Crippen molar-refractivity contribution in [2.75, 3.05) is 13.7 Å². The number of hydrogen-bond acceptors (Lipinski definition) is 5. The summed E-state index contributed by atoms with van der Waals surface area (Å²) >= 11 is 11.1. The van der Waals surface area contributed by atoms with Crippen molar-refractivity contribution < 1.29 is 14.1 Å². The van der Waals surface area contributed by atoms with E-state index in [0.717, 1.165) is 16.9 Å². The lowest BCUT2D eigenvalue weighted by Gasteiger charge is -2.42. The first-order chi connectivity index (χ1) is 14.4. The van der Waals surface area contributed by atoms with E-state index in [4.69, 9.17) is 21.1 Å². The van der Waals surface area contributed by atoms with Crippen LogP contribution in [0.3, 0.4) is 0 Å². The first-order valence-corrected chi connectivity index (χ1v) is 11.2. The minimum Gasteiger partial charge on any atom is -0.632 e. The quantitative estimate of drug-likeness (QED) is 0.313. The van der Waals surface area contributed by atoms with Crippen molar-refractivity contribution in [3.63, 3.8) is 0 Å². The molecule has 0 saturated heterocycles. The number of rotatable bonds is 4. The summed E-state index contributed by atoms with van der Waals surface area (Å²) in [5.74, 6) is 1.46. The largest absolute Gasteiger partial charge is 0.632 e. The van der Waals surface area contributed by atoms with E-state index in [1.807, 2.05) is 48.5 Å². The van der Waals surface area contributed by atoms with E-state index in [-0.39, 0.29) is 19.6 Å². The molecule has 3 aromatic rings. The first-order valence-electron chi connectivity index (χ1n) is 9.25. The predicted octanol–water partition coefficient (Wildman–Crippen LogP) is 6.19. The van der Waals surface area contributed by atoms with E-state index >= 15 is 0 Å². The maximum atomic E-state index is 14.0. The van der Waals surface area contributed by atoms with Crippen molar-refractivity contribution in [3.8, 4) is 17.6 Å². The summed E-state index contributed by atoms with van der Waals surface area (Å²) in [5, 5.41) is 23.7. The summed E-state index contributed by atoms with van der Waals surface area (Å²) in [6, 6.07) is 17.3. The fraction of sp³-hybridized carbons (Fsp3) is 0.227. The van der Waals surface area contributed by atoms with Gasteiger partial charge in [-0.1, -0.05) is 35.9 Å². The number of nitriles is 1. The summed E-state index contributed by atoms with van der Waals surface area (Å²) in [5.41, 5.74) is 2.14. The van der Waals surface area contributed by atoms with E-state index in [0.29, 0.717) is 25.0 Å². The molecule has 2 atom stereocenters. The molecule has 30 heavy (non-hydrogen) atoms. The van der Waals surface area contributed by atoms with Gasteiger partial charge in [-0.05, 0) is 45.8 Å². The van der Waals surface area contributed by atoms with Gasteiger partial charge in [-0.15, -0.1) is 11.3 Å². The van der Waals surface area contributed by atoms with Crippen LogP contribution in [0.2, 0.25) is 5.02 Å². The molecule has 1 aliphatic heterocycles. The Balaban J connectivity index is 1.72. The van der Waals surface area contributed by atoms with Crippen molar-refractivity contribution in [2.24, 2.45) is 0 Å². The van der Waals surface area contributed by atoms with Gasteiger partial charge in [0.1, 0.15) is 37.2 Å². The Kier molecular flexibility index (Phi) is 6.05. The zero-order valence-corrected chi connectivity index (χ0v) is 19.3. The minimum absolute atomic E-state index is 0.161. The lowest BCUT2D eigenvalue weighted by molar-refractivity contribution is -0.908. The Bertz CT molecular complexity index is 1110. The fourth-order valence-electron chi connectivity index (χ4n) is 3.62. The Morgan fingerprint density at radius 1 is 1.30 bits per heavy atom. The number of ether oxygens (including phenoxy) is 2. The second kappa shape index (κ2) is 8.58. The van der Waals surface area contributed by atoms with Crippen LogP contribution in [0.1, 0.15) is 27.7 Å². The molecule has 0 saturated carbocycles. The van der Waals surface area contributed by atoms with Crippen LogP contribution in [0.5, 0.6) is 11.5 Å². The fourth-order valence-corrected chi connectivity index (χ4v) is 5.93. The maximum Gasteiger partial charge on any atom is 0.173 e. The number of thiophene rings is 1. The Morgan fingerprint density at radius 2 is 2.03 bits per heavy atom. The SMILES string of the molecule is COc1ccc(C2C[N+]([O-])(Cc3sc(Br)c(C#N)c3Cl)Cc3ccccc3O2)cc1. The smallest absolute Gasteiger partial charge is 0.173 e. The highest BCUT2D eigenvalue weighted by Crippen LogP contribution is 2.41. The molecule has 2 heterocycles. The summed E-state index contributed by atoms with van der Waals surface area (Å²) in [6.07, 6.45) is -0.422. The van der Waals surface area contributed by atoms with Crippen molar-refractivity contribution in [2.45, 2.75) is 19.2 Å². The third kappa shape index (κ3) is 4.20. The van der Waals surface area contributed by atoms with E-state index in [9.17, 15) is 10.5 Å². The van der Waals surface area contributed by atoms with Crippen LogP contribution in [0.15, 0.2) is 52.3 Å². The number of hydroxylamine groups is 3. The molecular weight excluding hydrogens is 488 g/mol. The average Bonchev–Trinajstić information content (AvgIpc) is 2.91. The Hall–Kier alpha value is -2.08. The standard InChI is InChI=1S/C22H18BrClN2O3S/c1-28-16-8-6-14(7-9-16)19-12-26(27,11-15-4-2-3-5-18(15)29-19)13-20-21(24)17(10-25)22(23)30-20/h2-9,19H,11-13H2,1H3. The normalized spacial score (nSPS) is 20.6. The molecule has 2 aromatic carbocycles. The molecule has 0 radical (unpaired) electrons. The van der Waals surface area contributed by atoms with Gasteiger partial charge in [-0.3, -0.25) is 0 Å². The molecule has 0 fully saturated rings. The zero-order chi connectivity index (χ0) is 21.3. The molecule has 0 amide bonds. The van der Waals surface area contributed by atoms with Crippen LogP contribution in [-0.2, 0) is 13.1 Å². The number of methoxy groups -OCH3 is 1.